The monoisotopic (exact) mass is 385 g/mol. The molecule has 1 heterocycles. The SMILES string of the molecule is COc1ccc(CNC(=O)CSc2nnc(-c3ccccc3)o2)cc1OC. The first kappa shape index (κ1) is 18.8. The van der Waals surface area contributed by atoms with Crippen LogP contribution in [0.4, 0.5) is 0 Å². The van der Waals surface area contributed by atoms with Crippen molar-refractivity contribution in [1.29, 1.82) is 0 Å². The van der Waals surface area contributed by atoms with Crippen molar-refractivity contribution in [1.82, 2.24) is 15.5 Å². The Kier molecular flexibility index (Phi) is 6.32. The van der Waals surface area contributed by atoms with Crippen molar-refractivity contribution in [3.8, 4) is 23.0 Å². The molecule has 140 valence electrons. The van der Waals surface area contributed by atoms with Gasteiger partial charge < -0.3 is 19.2 Å². The second-order valence-corrected chi connectivity index (χ2v) is 6.42. The van der Waals surface area contributed by atoms with E-state index in [-0.39, 0.29) is 11.7 Å². The second-order valence-electron chi connectivity index (χ2n) is 5.49. The van der Waals surface area contributed by atoms with Crippen molar-refractivity contribution in [2.24, 2.45) is 0 Å². The molecule has 0 fully saturated rings. The molecule has 0 spiro atoms. The zero-order chi connectivity index (χ0) is 19.1. The van der Waals surface area contributed by atoms with Crippen LogP contribution in [-0.2, 0) is 11.3 Å². The maximum Gasteiger partial charge on any atom is 0.277 e. The summed E-state index contributed by atoms with van der Waals surface area (Å²) in [7, 11) is 3.15. The van der Waals surface area contributed by atoms with Crippen molar-refractivity contribution in [2.45, 2.75) is 11.8 Å². The van der Waals surface area contributed by atoms with E-state index in [2.05, 4.69) is 15.5 Å². The Morgan fingerprint density at radius 2 is 1.85 bits per heavy atom. The van der Waals surface area contributed by atoms with Gasteiger partial charge in [-0.05, 0) is 29.8 Å². The van der Waals surface area contributed by atoms with Crippen molar-refractivity contribution in [3.63, 3.8) is 0 Å². The molecule has 8 heteroatoms. The lowest BCUT2D eigenvalue weighted by Crippen LogP contribution is -2.24. The molecule has 7 nitrogen and oxygen atoms in total. The number of hydrogen-bond donors (Lipinski definition) is 1. The van der Waals surface area contributed by atoms with Gasteiger partial charge in [-0.2, -0.15) is 0 Å². The van der Waals surface area contributed by atoms with Crippen LogP contribution in [0.2, 0.25) is 0 Å². The third-order valence-electron chi connectivity index (χ3n) is 3.69. The summed E-state index contributed by atoms with van der Waals surface area (Å²) in [5.74, 6) is 1.76. The third kappa shape index (κ3) is 5.01. The molecule has 1 N–H and O–H groups in total. The van der Waals surface area contributed by atoms with E-state index in [1.165, 1.54) is 11.8 Å². The van der Waals surface area contributed by atoms with Gasteiger partial charge in [-0.25, -0.2) is 0 Å². The van der Waals surface area contributed by atoms with E-state index in [1.54, 1.807) is 20.3 Å². The summed E-state index contributed by atoms with van der Waals surface area (Å²) < 4.78 is 16.0. The molecule has 0 atom stereocenters. The number of ether oxygens (including phenoxy) is 2. The van der Waals surface area contributed by atoms with Crippen LogP contribution in [0.1, 0.15) is 5.56 Å². The molecule has 3 aromatic rings. The minimum atomic E-state index is -0.130. The van der Waals surface area contributed by atoms with Gasteiger partial charge in [-0.3, -0.25) is 4.79 Å². The van der Waals surface area contributed by atoms with Crippen LogP contribution >= 0.6 is 11.8 Å². The molecule has 0 aliphatic rings. The number of carbonyl (C=O) groups excluding carboxylic acids is 1. The lowest BCUT2D eigenvalue weighted by Gasteiger charge is -2.10. The van der Waals surface area contributed by atoms with Crippen molar-refractivity contribution in [3.05, 3.63) is 54.1 Å². The van der Waals surface area contributed by atoms with Crippen LogP contribution < -0.4 is 14.8 Å². The number of hydrogen-bond acceptors (Lipinski definition) is 7. The summed E-state index contributed by atoms with van der Waals surface area (Å²) in [4.78, 5) is 12.1. The lowest BCUT2D eigenvalue weighted by molar-refractivity contribution is -0.118. The van der Waals surface area contributed by atoms with Crippen LogP contribution in [0.25, 0.3) is 11.5 Å². The minimum absolute atomic E-state index is 0.130. The topological polar surface area (TPSA) is 86.5 Å². The molecule has 2 aromatic carbocycles. The molecular formula is C19H19N3O4S. The summed E-state index contributed by atoms with van der Waals surface area (Å²) in [6.07, 6.45) is 0. The van der Waals surface area contributed by atoms with Crippen LogP contribution in [-0.4, -0.2) is 36.1 Å². The first-order valence-electron chi connectivity index (χ1n) is 8.19. The Balaban J connectivity index is 1.50. The van der Waals surface area contributed by atoms with Gasteiger partial charge in [-0.15, -0.1) is 10.2 Å². The molecule has 0 bridgehead atoms. The predicted molar refractivity (Wildman–Crippen MR) is 102 cm³/mol. The molecule has 0 saturated heterocycles. The predicted octanol–water partition coefficient (Wildman–Crippen LogP) is 3.16. The average Bonchev–Trinajstić information content (AvgIpc) is 3.20. The van der Waals surface area contributed by atoms with E-state index in [9.17, 15) is 4.79 Å². The molecule has 0 aliphatic heterocycles. The highest BCUT2D eigenvalue weighted by Crippen LogP contribution is 2.27. The number of methoxy groups -OCH3 is 2. The highest BCUT2D eigenvalue weighted by molar-refractivity contribution is 7.99. The largest absolute Gasteiger partial charge is 0.493 e. The van der Waals surface area contributed by atoms with Crippen LogP contribution in [0, 0.1) is 0 Å². The molecule has 0 aliphatic carbocycles. The molecule has 27 heavy (non-hydrogen) atoms. The third-order valence-corrected chi connectivity index (χ3v) is 4.51. The van der Waals surface area contributed by atoms with Gasteiger partial charge in [0.1, 0.15) is 0 Å². The van der Waals surface area contributed by atoms with E-state index < -0.39 is 0 Å². The summed E-state index contributed by atoms with van der Waals surface area (Å²) >= 11 is 1.20. The van der Waals surface area contributed by atoms with Gasteiger partial charge >= 0.3 is 0 Å². The molecule has 1 amide bonds. The van der Waals surface area contributed by atoms with Crippen molar-refractivity contribution >= 4 is 17.7 Å². The second kappa shape index (κ2) is 9.09. The summed E-state index contributed by atoms with van der Waals surface area (Å²) in [5.41, 5.74) is 1.75. The quantitative estimate of drug-likeness (QED) is 0.596. The van der Waals surface area contributed by atoms with E-state index in [4.69, 9.17) is 13.9 Å². The standard InChI is InChI=1S/C19H19N3O4S/c1-24-15-9-8-13(10-16(15)25-2)11-20-17(23)12-27-19-22-21-18(26-19)14-6-4-3-5-7-14/h3-10H,11-12H2,1-2H3,(H,20,23). The summed E-state index contributed by atoms with van der Waals surface area (Å²) in [6, 6.07) is 15.0. The van der Waals surface area contributed by atoms with Crippen molar-refractivity contribution < 1.29 is 18.7 Å². The van der Waals surface area contributed by atoms with Gasteiger partial charge in [0.25, 0.3) is 5.22 Å². The van der Waals surface area contributed by atoms with E-state index in [0.29, 0.717) is 29.2 Å². The average molecular weight is 385 g/mol. The number of nitrogens with zero attached hydrogens (tertiary/aromatic N) is 2. The smallest absolute Gasteiger partial charge is 0.277 e. The molecule has 3 rings (SSSR count). The van der Waals surface area contributed by atoms with Gasteiger partial charge in [-0.1, -0.05) is 36.0 Å². The number of rotatable bonds is 8. The molecule has 1 aromatic heterocycles. The van der Waals surface area contributed by atoms with Crippen LogP contribution in [0.5, 0.6) is 11.5 Å². The molecule has 0 radical (unpaired) electrons. The zero-order valence-electron chi connectivity index (χ0n) is 15.0. The number of benzene rings is 2. The molecule has 0 unspecified atom stereocenters. The summed E-state index contributed by atoms with van der Waals surface area (Å²) in [6.45, 7) is 0.388. The number of thioether (sulfide) groups is 1. The van der Waals surface area contributed by atoms with Crippen LogP contribution in [0.15, 0.2) is 58.2 Å². The van der Waals surface area contributed by atoms with Gasteiger partial charge in [0, 0.05) is 12.1 Å². The van der Waals surface area contributed by atoms with Gasteiger partial charge in [0.2, 0.25) is 11.8 Å². The Morgan fingerprint density at radius 3 is 2.59 bits per heavy atom. The van der Waals surface area contributed by atoms with Crippen LogP contribution in [0.3, 0.4) is 0 Å². The Labute approximate surface area is 161 Å². The number of amides is 1. The minimum Gasteiger partial charge on any atom is -0.493 e. The maximum atomic E-state index is 12.1. The summed E-state index contributed by atoms with van der Waals surface area (Å²) in [5, 5.41) is 11.2. The first-order valence-corrected chi connectivity index (χ1v) is 9.17. The highest BCUT2D eigenvalue weighted by atomic mass is 32.2. The lowest BCUT2D eigenvalue weighted by atomic mass is 10.2. The fourth-order valence-electron chi connectivity index (χ4n) is 2.34. The molecule has 0 saturated carbocycles. The van der Waals surface area contributed by atoms with Gasteiger partial charge in [0.15, 0.2) is 11.5 Å². The maximum absolute atomic E-state index is 12.1. The van der Waals surface area contributed by atoms with Crippen molar-refractivity contribution in [2.75, 3.05) is 20.0 Å². The first-order chi connectivity index (χ1) is 13.2. The highest BCUT2D eigenvalue weighted by Gasteiger charge is 2.11. The fraction of sp³-hybridized carbons (Fsp3) is 0.211. The van der Waals surface area contributed by atoms with E-state index in [1.807, 2.05) is 42.5 Å². The van der Waals surface area contributed by atoms with Gasteiger partial charge in [0.05, 0.1) is 20.0 Å². The fourth-order valence-corrected chi connectivity index (χ4v) is 2.93. The van der Waals surface area contributed by atoms with E-state index in [0.717, 1.165) is 11.1 Å². The number of aromatic nitrogens is 2. The number of nitrogens with one attached hydrogen (secondary N) is 1. The number of carbonyl (C=O) groups is 1. The Bertz CT molecular complexity index is 899. The Hall–Kier alpha value is -3.00. The normalized spacial score (nSPS) is 10.4. The molecular weight excluding hydrogens is 366 g/mol. The zero-order valence-corrected chi connectivity index (χ0v) is 15.8. The van der Waals surface area contributed by atoms with E-state index >= 15 is 0 Å². The Morgan fingerprint density at radius 1 is 1.07 bits per heavy atom.